The molecule has 3 aliphatic heterocycles. The summed E-state index contributed by atoms with van der Waals surface area (Å²) in [5.74, 6) is -1.88. The Morgan fingerprint density at radius 3 is 2.39 bits per heavy atom. The zero-order chi connectivity index (χ0) is 45.3. The largest absolute Gasteiger partial charge is 0.433 e. The van der Waals surface area contributed by atoms with Gasteiger partial charge < -0.3 is 25.4 Å². The summed E-state index contributed by atoms with van der Waals surface area (Å²) in [6, 6.07) is 10.8. The number of hydrogen-bond donors (Lipinski definition) is 4. The standard InChI is InChI=1S/C46H53F3N8O7/c1-45(2,63)32-23-35-29(22-36(32)52-41(59)34-8-4-9-38(51-34)46(47,48)49)25-56(54-35)30-12-10-27(11-13-30)24-55-19-16-28(17-20-55)26-64-21-5-18-50-33-7-3-6-31-40(33)44(62)57(43(31)61)37-14-15-39(58)53-42(37)60/h3-4,6-9,22-23,25,27-28,30,37,50,63H,5,10-21,24,26H2,1-2H3,(H,52,59)(H,53,58,60). The predicted octanol–water partition coefficient (Wildman–Crippen LogP) is 6.29. The van der Waals surface area contributed by atoms with Crippen LogP contribution in [0.5, 0.6) is 0 Å². The Labute approximate surface area is 368 Å². The second-order valence-electron chi connectivity index (χ2n) is 17.9. The van der Waals surface area contributed by atoms with Gasteiger partial charge in [-0.1, -0.05) is 12.1 Å². The molecular weight excluding hydrogens is 834 g/mol. The van der Waals surface area contributed by atoms with Gasteiger partial charge in [0.1, 0.15) is 17.4 Å². The Balaban J connectivity index is 0.756. The van der Waals surface area contributed by atoms with Crippen LogP contribution >= 0.6 is 0 Å². The number of carbonyl (C=O) groups excluding carboxylic acids is 5. The van der Waals surface area contributed by atoms with Crippen LogP contribution in [-0.4, -0.2) is 105 Å². The molecule has 1 unspecified atom stereocenters. The molecule has 1 saturated carbocycles. The Hall–Kier alpha value is -5.72. The van der Waals surface area contributed by atoms with Gasteiger partial charge in [-0.25, -0.2) is 4.98 Å². The van der Waals surface area contributed by atoms with Crippen LogP contribution in [0.4, 0.5) is 24.5 Å². The third-order valence-electron chi connectivity index (χ3n) is 12.9. The minimum atomic E-state index is -4.70. The summed E-state index contributed by atoms with van der Waals surface area (Å²) in [4.78, 5) is 70.6. The van der Waals surface area contributed by atoms with Crippen LogP contribution in [-0.2, 0) is 26.1 Å². The molecule has 0 spiro atoms. The number of anilines is 2. The van der Waals surface area contributed by atoms with E-state index < -0.39 is 53.0 Å². The van der Waals surface area contributed by atoms with E-state index in [9.17, 15) is 42.3 Å². The number of hydrogen-bond acceptors (Lipinski definition) is 11. The molecule has 15 nitrogen and oxygen atoms in total. The summed E-state index contributed by atoms with van der Waals surface area (Å²) < 4.78 is 47.8. The van der Waals surface area contributed by atoms with Gasteiger partial charge in [0.15, 0.2) is 0 Å². The van der Waals surface area contributed by atoms with E-state index in [4.69, 9.17) is 9.84 Å². The van der Waals surface area contributed by atoms with Crippen LogP contribution in [0.3, 0.4) is 0 Å². The summed E-state index contributed by atoms with van der Waals surface area (Å²) in [6.07, 6.45) is 4.27. The lowest BCUT2D eigenvalue weighted by molar-refractivity contribution is -0.141. The molecule has 4 aromatic rings. The Bertz CT molecular complexity index is 2430. The molecule has 64 heavy (non-hydrogen) atoms. The Kier molecular flexibility index (Phi) is 12.9. The molecule has 4 aliphatic rings. The molecule has 2 saturated heterocycles. The van der Waals surface area contributed by atoms with Crippen molar-refractivity contribution in [1.29, 1.82) is 0 Å². The number of halogens is 3. The highest BCUT2D eigenvalue weighted by Crippen LogP contribution is 2.37. The molecule has 18 heteroatoms. The van der Waals surface area contributed by atoms with Gasteiger partial charge in [0, 0.05) is 61.2 Å². The lowest BCUT2D eigenvalue weighted by Gasteiger charge is -2.36. The molecular formula is C46H53F3N8O7. The first-order chi connectivity index (χ1) is 30.5. The maximum Gasteiger partial charge on any atom is 0.433 e. The zero-order valence-electron chi connectivity index (χ0n) is 35.9. The van der Waals surface area contributed by atoms with Gasteiger partial charge in [0.25, 0.3) is 17.7 Å². The summed E-state index contributed by atoms with van der Waals surface area (Å²) in [5, 5.41) is 24.7. The number of amides is 5. The number of carbonyl (C=O) groups is 5. The van der Waals surface area contributed by atoms with Gasteiger partial charge in [0.2, 0.25) is 11.8 Å². The second-order valence-corrected chi connectivity index (χ2v) is 17.9. The summed E-state index contributed by atoms with van der Waals surface area (Å²) in [6.45, 7) is 8.00. The van der Waals surface area contributed by atoms with Crippen LogP contribution in [0.15, 0.2) is 54.7 Å². The molecule has 1 aliphatic carbocycles. The summed E-state index contributed by atoms with van der Waals surface area (Å²) in [5.41, 5.74) is -0.626. The number of likely N-dealkylation sites (tertiary alicyclic amines) is 1. The summed E-state index contributed by atoms with van der Waals surface area (Å²) in [7, 11) is 0. The average molecular weight is 887 g/mol. The van der Waals surface area contributed by atoms with Crippen molar-refractivity contribution in [2.45, 2.75) is 95.5 Å². The first-order valence-corrected chi connectivity index (χ1v) is 22.0. The van der Waals surface area contributed by atoms with E-state index in [1.807, 2.05) is 10.9 Å². The molecule has 2 aromatic carbocycles. The lowest BCUT2D eigenvalue weighted by Crippen LogP contribution is -2.54. The number of rotatable bonds is 14. The van der Waals surface area contributed by atoms with Crippen molar-refractivity contribution >= 4 is 51.8 Å². The van der Waals surface area contributed by atoms with Gasteiger partial charge >= 0.3 is 6.18 Å². The number of nitrogens with one attached hydrogen (secondary N) is 3. The molecule has 5 heterocycles. The SMILES string of the molecule is CC(C)(O)c1cc2nn(C3CCC(CN4CCC(COCCCNc5cccc6c5C(=O)N(C5CCC(=O)NC5=O)C6=O)CC4)CC3)cc2cc1NC(=O)c1cccc(C(F)(F)F)n1. The monoisotopic (exact) mass is 886 g/mol. The number of fused-ring (bicyclic) bond motifs is 2. The van der Waals surface area contributed by atoms with E-state index in [-0.39, 0.29) is 41.4 Å². The minimum Gasteiger partial charge on any atom is -0.386 e. The van der Waals surface area contributed by atoms with E-state index >= 15 is 0 Å². The van der Waals surface area contributed by atoms with Crippen LogP contribution < -0.4 is 16.0 Å². The Morgan fingerprint density at radius 2 is 1.67 bits per heavy atom. The number of aliphatic hydroxyl groups is 1. The topological polar surface area (TPSA) is 188 Å². The van der Waals surface area contributed by atoms with E-state index in [0.717, 1.165) is 80.6 Å². The van der Waals surface area contributed by atoms with Gasteiger partial charge in [-0.3, -0.25) is 38.9 Å². The third kappa shape index (κ3) is 9.83. The maximum absolute atomic E-state index is 13.3. The quantitative estimate of drug-likeness (QED) is 0.0823. The van der Waals surface area contributed by atoms with E-state index in [1.54, 1.807) is 44.2 Å². The predicted molar refractivity (Wildman–Crippen MR) is 229 cm³/mol. The molecule has 340 valence electrons. The highest BCUT2D eigenvalue weighted by atomic mass is 19.4. The van der Waals surface area contributed by atoms with Gasteiger partial charge in [-0.05, 0) is 127 Å². The highest BCUT2D eigenvalue weighted by Gasteiger charge is 2.45. The van der Waals surface area contributed by atoms with Crippen LogP contribution in [0, 0.1) is 11.8 Å². The number of aromatic nitrogens is 3. The maximum atomic E-state index is 13.3. The second kappa shape index (κ2) is 18.4. The minimum absolute atomic E-state index is 0.0653. The average Bonchev–Trinajstić information content (AvgIpc) is 3.79. The van der Waals surface area contributed by atoms with Gasteiger partial charge in [-0.2, -0.15) is 18.3 Å². The fourth-order valence-corrected chi connectivity index (χ4v) is 9.40. The summed E-state index contributed by atoms with van der Waals surface area (Å²) >= 11 is 0. The highest BCUT2D eigenvalue weighted by molar-refractivity contribution is 6.25. The molecule has 2 aromatic heterocycles. The third-order valence-corrected chi connectivity index (χ3v) is 12.9. The number of nitrogens with zero attached hydrogens (tertiary/aromatic N) is 5. The van der Waals surface area contributed by atoms with Crippen molar-refractivity contribution in [3.05, 3.63) is 82.8 Å². The van der Waals surface area contributed by atoms with E-state index in [1.165, 1.54) is 6.07 Å². The van der Waals surface area contributed by atoms with Crippen LogP contribution in [0.1, 0.15) is 120 Å². The number of pyridine rings is 1. The molecule has 1 atom stereocenters. The van der Waals surface area contributed by atoms with Crippen molar-refractivity contribution in [3.8, 4) is 0 Å². The number of ether oxygens (including phenoxy) is 1. The number of alkyl halides is 3. The molecule has 8 rings (SSSR count). The molecule has 5 amide bonds. The molecule has 0 bridgehead atoms. The molecule has 4 N–H and O–H groups in total. The lowest BCUT2D eigenvalue weighted by atomic mass is 9.85. The van der Waals surface area contributed by atoms with Crippen LogP contribution in [0.2, 0.25) is 0 Å². The van der Waals surface area contributed by atoms with E-state index in [0.29, 0.717) is 54.8 Å². The Morgan fingerprint density at radius 1 is 0.922 bits per heavy atom. The van der Waals surface area contributed by atoms with Crippen molar-refractivity contribution in [1.82, 2.24) is 29.9 Å². The number of imide groups is 2. The number of piperidine rings is 2. The first-order valence-electron chi connectivity index (χ1n) is 22.0. The smallest absolute Gasteiger partial charge is 0.386 e. The van der Waals surface area contributed by atoms with E-state index in [2.05, 4.69) is 25.8 Å². The molecule has 3 fully saturated rings. The fourth-order valence-electron chi connectivity index (χ4n) is 9.40. The van der Waals surface area contributed by atoms with Gasteiger partial charge in [0.05, 0.1) is 28.3 Å². The van der Waals surface area contributed by atoms with Crippen molar-refractivity contribution in [3.63, 3.8) is 0 Å². The van der Waals surface area contributed by atoms with Crippen molar-refractivity contribution < 1.29 is 47.0 Å². The molecule has 0 radical (unpaired) electrons. The van der Waals surface area contributed by atoms with Crippen molar-refractivity contribution in [2.24, 2.45) is 11.8 Å². The zero-order valence-corrected chi connectivity index (χ0v) is 35.9. The number of benzene rings is 2. The van der Waals surface area contributed by atoms with Gasteiger partial charge in [-0.15, -0.1) is 0 Å². The van der Waals surface area contributed by atoms with Crippen molar-refractivity contribution in [2.75, 3.05) is 50.0 Å². The fraction of sp³-hybridized carbons (Fsp3) is 0.500. The first kappa shape index (κ1) is 44.9. The van der Waals surface area contributed by atoms with Crippen LogP contribution in [0.25, 0.3) is 10.9 Å². The normalized spacial score (nSPS) is 21.3.